The van der Waals surface area contributed by atoms with Crippen LogP contribution in [0.5, 0.6) is 5.75 Å². The Labute approximate surface area is 276 Å². The van der Waals surface area contributed by atoms with Gasteiger partial charge in [-0.2, -0.15) is 0 Å². The molecule has 5 saturated heterocycles. The lowest BCUT2D eigenvalue weighted by atomic mass is 9.58. The molecule has 1 saturated carbocycles. The molecule has 6 aliphatic rings. The molecule has 6 heterocycles. The smallest absolute Gasteiger partial charge is 0.201 e. The molecule has 1 spiro atoms. The number of nitrogens with zero attached hydrogens (tertiary/aromatic N) is 3. The third-order valence-corrected chi connectivity index (χ3v) is 12.0. The van der Waals surface area contributed by atoms with Crippen molar-refractivity contribution in [1.82, 2.24) is 9.88 Å². The van der Waals surface area contributed by atoms with Crippen LogP contribution >= 0.6 is 11.6 Å². The molecule has 5 aliphatic heterocycles. The van der Waals surface area contributed by atoms with Gasteiger partial charge in [0.1, 0.15) is 5.75 Å². The first kappa shape index (κ1) is 31.1. The molecule has 0 amide bonds. The summed E-state index contributed by atoms with van der Waals surface area (Å²) in [5, 5.41) is 2.89. The largest absolute Gasteiger partial charge is 0.497 e. The summed E-state index contributed by atoms with van der Waals surface area (Å²) in [6.45, 7) is 13.0. The van der Waals surface area contributed by atoms with E-state index in [9.17, 15) is 0 Å². The van der Waals surface area contributed by atoms with E-state index in [2.05, 4.69) is 42.7 Å². The first-order chi connectivity index (χ1) is 22.2. The molecule has 0 radical (unpaired) electrons. The van der Waals surface area contributed by atoms with Gasteiger partial charge in [-0.3, -0.25) is 4.90 Å². The summed E-state index contributed by atoms with van der Waals surface area (Å²) in [6, 6.07) is 12.4. The number of hydrogen-bond donors (Lipinski definition) is 0. The molecule has 248 valence electrons. The first-order valence-corrected chi connectivity index (χ1v) is 17.4. The van der Waals surface area contributed by atoms with Crippen molar-refractivity contribution in [3.8, 4) is 5.75 Å². The highest BCUT2D eigenvalue weighted by Crippen LogP contribution is 2.60. The highest BCUT2D eigenvalue weighted by atomic mass is 35.5. The average molecular weight is 652 g/mol. The van der Waals surface area contributed by atoms with Gasteiger partial charge in [-0.15, -0.1) is 0 Å². The summed E-state index contributed by atoms with van der Waals surface area (Å²) in [4.78, 5) is 22.2. The summed E-state index contributed by atoms with van der Waals surface area (Å²) in [6.07, 6.45) is 3.28. The van der Waals surface area contributed by atoms with Crippen LogP contribution in [0, 0.1) is 23.7 Å². The van der Waals surface area contributed by atoms with Gasteiger partial charge in [-0.1, -0.05) is 25.4 Å². The zero-order valence-corrected chi connectivity index (χ0v) is 28.3. The molecule has 9 nitrogen and oxygen atoms in total. The molecule has 10 heteroatoms. The van der Waals surface area contributed by atoms with Crippen molar-refractivity contribution in [2.24, 2.45) is 23.7 Å². The molecule has 46 heavy (non-hydrogen) atoms. The molecular formula is C36H46ClN3O6. The van der Waals surface area contributed by atoms with Gasteiger partial charge in [0.2, 0.25) is 5.79 Å². The third-order valence-electron chi connectivity index (χ3n) is 11.8. The van der Waals surface area contributed by atoms with Crippen molar-refractivity contribution in [3.63, 3.8) is 0 Å². The molecule has 9 atom stereocenters. The van der Waals surface area contributed by atoms with Crippen LogP contribution in [0.3, 0.4) is 0 Å². The minimum absolute atomic E-state index is 0.175. The fourth-order valence-electron chi connectivity index (χ4n) is 9.22. The normalized spacial score (nSPS) is 37.8. The molecule has 3 aromatic rings. The maximum Gasteiger partial charge on any atom is 0.201 e. The van der Waals surface area contributed by atoms with E-state index in [4.69, 9.17) is 45.3 Å². The lowest BCUT2D eigenvalue weighted by molar-refractivity contribution is -0.577. The number of pyridine rings is 1. The molecule has 6 fully saturated rings. The number of benzene rings is 2. The Kier molecular flexibility index (Phi) is 7.91. The minimum atomic E-state index is -0.777. The number of hydrogen-bond acceptors (Lipinski definition) is 9. The molecule has 2 unspecified atom stereocenters. The zero-order chi connectivity index (χ0) is 31.8. The molecular weight excluding hydrogens is 606 g/mol. The van der Waals surface area contributed by atoms with Crippen LogP contribution in [-0.2, 0) is 24.0 Å². The second-order valence-electron chi connectivity index (χ2n) is 14.5. The highest BCUT2D eigenvalue weighted by Gasteiger charge is 2.69. The molecule has 2 aromatic carbocycles. The lowest BCUT2D eigenvalue weighted by Gasteiger charge is -2.60. The van der Waals surface area contributed by atoms with Crippen molar-refractivity contribution in [2.45, 2.75) is 83.4 Å². The first-order valence-electron chi connectivity index (χ1n) is 17.1. The summed E-state index contributed by atoms with van der Waals surface area (Å²) in [7, 11) is 1.71. The number of aromatic nitrogens is 1. The van der Waals surface area contributed by atoms with Gasteiger partial charge in [0.25, 0.3) is 0 Å². The van der Waals surface area contributed by atoms with Crippen molar-refractivity contribution >= 4 is 39.1 Å². The van der Waals surface area contributed by atoms with Crippen LogP contribution in [0.15, 0.2) is 36.4 Å². The maximum atomic E-state index is 6.66. The standard InChI is InChI=1S/C36H46ClN3O6/c1-21-6-10-29-23(3)33(43-34-36(29)28(21)12-13-35(4,44-34)45-46-36)42-17-16-39-14-15-40(20-22(39)2)32-26-9-7-24(37)18-31(26)38-30-11-8-25(41-5)19-27(30)32/h7-9,11,18-19,21-23,28-29,33-34H,6,10,12-17,20H2,1-5H3/t21-,22?,23-,28+,29+,33+,34-,35?,36-/m1/s1. The van der Waals surface area contributed by atoms with E-state index in [-0.39, 0.29) is 18.1 Å². The number of rotatable bonds is 6. The van der Waals surface area contributed by atoms with E-state index in [0.717, 1.165) is 73.0 Å². The van der Waals surface area contributed by atoms with Gasteiger partial charge in [0.05, 0.1) is 30.4 Å². The molecule has 2 bridgehead atoms. The molecule has 1 aromatic heterocycles. The second-order valence-corrected chi connectivity index (χ2v) is 14.9. The number of anilines is 1. The predicted octanol–water partition coefficient (Wildman–Crippen LogP) is 6.79. The summed E-state index contributed by atoms with van der Waals surface area (Å²) in [5.41, 5.74) is 2.47. The summed E-state index contributed by atoms with van der Waals surface area (Å²) < 4.78 is 25.3. The van der Waals surface area contributed by atoms with Crippen LogP contribution in [-0.4, -0.2) is 79.8 Å². The highest BCUT2D eigenvalue weighted by molar-refractivity contribution is 6.31. The van der Waals surface area contributed by atoms with Crippen LogP contribution in [0.4, 0.5) is 5.69 Å². The Hall–Kier alpha value is -2.24. The summed E-state index contributed by atoms with van der Waals surface area (Å²) >= 11 is 6.39. The molecule has 1 aliphatic carbocycles. The Balaban J connectivity index is 0.962. The number of methoxy groups -OCH3 is 1. The van der Waals surface area contributed by atoms with E-state index < -0.39 is 17.7 Å². The summed E-state index contributed by atoms with van der Waals surface area (Å²) in [5.74, 6) is 1.39. The van der Waals surface area contributed by atoms with E-state index >= 15 is 0 Å². The fourth-order valence-corrected chi connectivity index (χ4v) is 9.39. The van der Waals surface area contributed by atoms with Gasteiger partial charge in [0.15, 0.2) is 18.2 Å². The van der Waals surface area contributed by atoms with Crippen molar-refractivity contribution in [1.29, 1.82) is 0 Å². The number of piperazine rings is 1. The van der Waals surface area contributed by atoms with Crippen molar-refractivity contribution in [3.05, 3.63) is 41.4 Å². The van der Waals surface area contributed by atoms with Crippen molar-refractivity contribution in [2.75, 3.05) is 44.8 Å². The van der Waals surface area contributed by atoms with Crippen LogP contribution < -0.4 is 9.64 Å². The number of fused-ring (bicyclic) bond motifs is 4. The predicted molar refractivity (Wildman–Crippen MR) is 177 cm³/mol. The monoisotopic (exact) mass is 651 g/mol. The maximum absolute atomic E-state index is 6.66. The van der Waals surface area contributed by atoms with Crippen molar-refractivity contribution < 1.29 is 28.7 Å². The Morgan fingerprint density at radius 1 is 0.978 bits per heavy atom. The number of halogens is 1. The van der Waals surface area contributed by atoms with Gasteiger partial charge in [0, 0.05) is 66.3 Å². The van der Waals surface area contributed by atoms with E-state index in [0.29, 0.717) is 29.5 Å². The fraction of sp³-hybridized carbons (Fsp3) is 0.639. The van der Waals surface area contributed by atoms with Crippen LogP contribution in [0.25, 0.3) is 21.8 Å². The van der Waals surface area contributed by atoms with Gasteiger partial charge < -0.3 is 23.8 Å². The van der Waals surface area contributed by atoms with E-state index in [1.54, 1.807) is 7.11 Å². The van der Waals surface area contributed by atoms with Gasteiger partial charge in [-0.25, -0.2) is 14.8 Å². The second kappa shape index (κ2) is 11.7. The quantitative estimate of drug-likeness (QED) is 0.212. The topological polar surface area (TPSA) is 74.8 Å². The van der Waals surface area contributed by atoms with Crippen LogP contribution in [0.2, 0.25) is 5.02 Å². The third kappa shape index (κ3) is 5.00. The van der Waals surface area contributed by atoms with Gasteiger partial charge >= 0.3 is 0 Å². The Bertz CT molecular complexity index is 1630. The average Bonchev–Trinajstić information content (AvgIpc) is 3.28. The van der Waals surface area contributed by atoms with Gasteiger partial charge in [-0.05, 0) is 81.3 Å². The van der Waals surface area contributed by atoms with Crippen LogP contribution in [0.1, 0.15) is 53.4 Å². The Morgan fingerprint density at radius 3 is 2.67 bits per heavy atom. The molecule has 0 N–H and O–H groups in total. The van der Waals surface area contributed by atoms with E-state index in [1.165, 1.54) is 12.1 Å². The number of ether oxygens (including phenoxy) is 4. The van der Waals surface area contributed by atoms with E-state index in [1.807, 2.05) is 31.2 Å². The lowest BCUT2D eigenvalue weighted by Crippen LogP contribution is -2.70. The zero-order valence-electron chi connectivity index (χ0n) is 27.5. The minimum Gasteiger partial charge on any atom is -0.497 e. The SMILES string of the molecule is COc1ccc2nc3cc(Cl)ccc3c(N3CCN(CCO[C@H]4O[C@@H]5OC6(C)CC[C@H]7[C@H](C)CC[C@@H]([C@H]4C)[C@@]57OO6)C(C)C3)c2c1. The molecule has 9 rings (SSSR count). The Morgan fingerprint density at radius 2 is 1.85 bits per heavy atom.